The lowest BCUT2D eigenvalue weighted by Crippen LogP contribution is -2.09. The van der Waals surface area contributed by atoms with Gasteiger partial charge in [-0.05, 0) is 28.9 Å². The van der Waals surface area contributed by atoms with Crippen LogP contribution in [0.5, 0.6) is 0 Å². The van der Waals surface area contributed by atoms with E-state index in [9.17, 15) is 4.79 Å². The SMILES string of the molecule is COC(=O)c1nc(C)n(Cc2cc(Br)cs2)c1N. The zero-order chi connectivity index (χ0) is 13.3. The lowest BCUT2D eigenvalue weighted by Gasteiger charge is -2.05. The van der Waals surface area contributed by atoms with Crippen molar-refractivity contribution in [1.82, 2.24) is 9.55 Å². The molecule has 18 heavy (non-hydrogen) atoms. The fourth-order valence-corrected chi connectivity index (χ4v) is 3.06. The monoisotopic (exact) mass is 329 g/mol. The molecule has 2 rings (SSSR count). The zero-order valence-electron chi connectivity index (χ0n) is 9.94. The van der Waals surface area contributed by atoms with Crippen molar-refractivity contribution in [3.63, 3.8) is 0 Å². The number of ether oxygens (including phenoxy) is 1. The lowest BCUT2D eigenvalue weighted by molar-refractivity contribution is 0.0595. The van der Waals surface area contributed by atoms with Crippen molar-refractivity contribution in [3.8, 4) is 0 Å². The van der Waals surface area contributed by atoms with Crippen LogP contribution in [-0.2, 0) is 11.3 Å². The van der Waals surface area contributed by atoms with Gasteiger partial charge in [-0.3, -0.25) is 0 Å². The molecule has 0 aliphatic heterocycles. The summed E-state index contributed by atoms with van der Waals surface area (Å²) in [4.78, 5) is 16.7. The molecule has 96 valence electrons. The molecule has 0 atom stereocenters. The smallest absolute Gasteiger partial charge is 0.360 e. The molecule has 0 saturated carbocycles. The Morgan fingerprint density at radius 3 is 2.94 bits per heavy atom. The maximum absolute atomic E-state index is 11.5. The van der Waals surface area contributed by atoms with Crippen molar-refractivity contribution in [2.45, 2.75) is 13.5 Å². The highest BCUT2D eigenvalue weighted by Gasteiger charge is 2.19. The third kappa shape index (κ3) is 2.41. The van der Waals surface area contributed by atoms with Crippen LogP contribution in [-0.4, -0.2) is 22.6 Å². The van der Waals surface area contributed by atoms with Gasteiger partial charge in [0, 0.05) is 14.7 Å². The summed E-state index contributed by atoms with van der Waals surface area (Å²) in [6, 6.07) is 2.02. The number of carbonyl (C=O) groups excluding carboxylic acids is 1. The Bertz CT molecular complexity index is 591. The van der Waals surface area contributed by atoms with Gasteiger partial charge in [-0.25, -0.2) is 9.78 Å². The molecule has 0 fully saturated rings. The number of esters is 1. The minimum absolute atomic E-state index is 0.172. The van der Waals surface area contributed by atoms with Gasteiger partial charge in [0.2, 0.25) is 0 Å². The molecule has 5 nitrogen and oxygen atoms in total. The summed E-state index contributed by atoms with van der Waals surface area (Å²) in [5.74, 6) is 0.517. The molecule has 2 aromatic heterocycles. The van der Waals surface area contributed by atoms with Crippen molar-refractivity contribution < 1.29 is 9.53 Å². The molecule has 0 amide bonds. The van der Waals surface area contributed by atoms with Crippen molar-refractivity contribution >= 4 is 39.1 Å². The van der Waals surface area contributed by atoms with Crippen LogP contribution >= 0.6 is 27.3 Å². The topological polar surface area (TPSA) is 70.1 Å². The number of nitrogens with two attached hydrogens (primary N) is 1. The second-order valence-corrected chi connectivity index (χ2v) is 5.61. The van der Waals surface area contributed by atoms with Crippen LogP contribution < -0.4 is 5.73 Å². The molecule has 2 N–H and O–H groups in total. The number of hydrogen-bond acceptors (Lipinski definition) is 5. The second-order valence-electron chi connectivity index (χ2n) is 3.70. The third-order valence-electron chi connectivity index (χ3n) is 2.51. The summed E-state index contributed by atoms with van der Waals surface area (Å²) < 4.78 is 7.47. The highest BCUT2D eigenvalue weighted by atomic mass is 79.9. The Kier molecular flexibility index (Phi) is 3.72. The first-order chi connectivity index (χ1) is 8.52. The highest BCUT2D eigenvalue weighted by Crippen LogP contribution is 2.23. The fraction of sp³-hybridized carbons (Fsp3) is 0.273. The quantitative estimate of drug-likeness (QED) is 0.878. The van der Waals surface area contributed by atoms with E-state index in [2.05, 4.69) is 25.7 Å². The van der Waals surface area contributed by atoms with Crippen molar-refractivity contribution in [3.05, 3.63) is 32.3 Å². The Morgan fingerprint density at radius 1 is 1.67 bits per heavy atom. The summed E-state index contributed by atoms with van der Waals surface area (Å²) in [6.07, 6.45) is 0. The first-order valence-electron chi connectivity index (χ1n) is 5.16. The number of hydrogen-bond donors (Lipinski definition) is 1. The normalized spacial score (nSPS) is 10.6. The lowest BCUT2D eigenvalue weighted by atomic mass is 10.4. The number of nitrogen functional groups attached to an aromatic ring is 1. The van der Waals surface area contributed by atoms with E-state index in [0.717, 1.165) is 9.35 Å². The minimum atomic E-state index is -0.512. The van der Waals surface area contributed by atoms with Crippen LogP contribution in [0.4, 0.5) is 5.82 Å². The zero-order valence-corrected chi connectivity index (χ0v) is 12.3. The van der Waals surface area contributed by atoms with Crippen molar-refractivity contribution in [1.29, 1.82) is 0 Å². The summed E-state index contributed by atoms with van der Waals surface area (Å²) in [6.45, 7) is 2.41. The molecule has 0 spiro atoms. The van der Waals surface area contributed by atoms with E-state index in [-0.39, 0.29) is 5.69 Å². The van der Waals surface area contributed by atoms with Gasteiger partial charge >= 0.3 is 5.97 Å². The van der Waals surface area contributed by atoms with Crippen molar-refractivity contribution in [2.75, 3.05) is 12.8 Å². The molecule has 7 heteroatoms. The molecular formula is C11H12BrN3O2S. The van der Waals surface area contributed by atoms with E-state index >= 15 is 0 Å². The molecule has 2 heterocycles. The van der Waals surface area contributed by atoms with Crippen LogP contribution in [0.1, 0.15) is 21.2 Å². The Labute approximate surface area is 117 Å². The van der Waals surface area contributed by atoms with Gasteiger partial charge in [0.15, 0.2) is 5.69 Å². The Hall–Kier alpha value is -1.34. The van der Waals surface area contributed by atoms with E-state index in [1.54, 1.807) is 15.9 Å². The van der Waals surface area contributed by atoms with Gasteiger partial charge in [-0.15, -0.1) is 11.3 Å². The third-order valence-corrected chi connectivity index (χ3v) is 4.19. The summed E-state index contributed by atoms with van der Waals surface area (Å²) in [5.41, 5.74) is 6.10. The number of aromatic nitrogens is 2. The van der Waals surface area contributed by atoms with E-state index < -0.39 is 5.97 Å². The number of halogens is 1. The second kappa shape index (κ2) is 5.11. The van der Waals surface area contributed by atoms with Gasteiger partial charge in [-0.1, -0.05) is 0 Å². The number of rotatable bonds is 3. The number of methoxy groups -OCH3 is 1. The van der Waals surface area contributed by atoms with Gasteiger partial charge in [-0.2, -0.15) is 0 Å². The molecule has 0 bridgehead atoms. The predicted molar refractivity (Wildman–Crippen MR) is 73.8 cm³/mol. The number of carbonyl (C=O) groups is 1. The van der Waals surface area contributed by atoms with E-state index in [1.807, 2.05) is 18.4 Å². The molecule has 0 aliphatic rings. The first-order valence-corrected chi connectivity index (χ1v) is 6.84. The summed E-state index contributed by atoms with van der Waals surface area (Å²) in [7, 11) is 1.31. The predicted octanol–water partition coefficient (Wildman–Crippen LogP) is 2.43. The van der Waals surface area contributed by atoms with Gasteiger partial charge in [0.05, 0.1) is 13.7 Å². The molecule has 0 saturated heterocycles. The van der Waals surface area contributed by atoms with E-state index in [4.69, 9.17) is 5.73 Å². The van der Waals surface area contributed by atoms with Crippen LogP contribution in [0.2, 0.25) is 0 Å². The van der Waals surface area contributed by atoms with Crippen LogP contribution in [0.3, 0.4) is 0 Å². The van der Waals surface area contributed by atoms with Gasteiger partial charge in [0.25, 0.3) is 0 Å². The van der Waals surface area contributed by atoms with Crippen LogP contribution in [0, 0.1) is 6.92 Å². The fourth-order valence-electron chi connectivity index (χ4n) is 1.62. The van der Waals surface area contributed by atoms with Gasteiger partial charge < -0.3 is 15.0 Å². The average Bonchev–Trinajstić information content (AvgIpc) is 2.87. The average molecular weight is 330 g/mol. The molecule has 0 radical (unpaired) electrons. The van der Waals surface area contributed by atoms with E-state index in [1.165, 1.54) is 7.11 Å². The number of aryl methyl sites for hydroxylation is 1. The summed E-state index contributed by atoms with van der Waals surface area (Å²) >= 11 is 5.02. The van der Waals surface area contributed by atoms with Crippen LogP contribution in [0.25, 0.3) is 0 Å². The Morgan fingerprint density at radius 2 is 2.39 bits per heavy atom. The molecule has 0 aromatic carbocycles. The van der Waals surface area contributed by atoms with Crippen molar-refractivity contribution in [2.24, 2.45) is 0 Å². The number of thiophene rings is 1. The standard InChI is InChI=1S/C11H12BrN3O2S/c1-6-14-9(11(16)17-2)10(13)15(6)4-8-3-7(12)5-18-8/h3,5H,4,13H2,1-2H3. The molecule has 2 aromatic rings. The van der Waals surface area contributed by atoms with Crippen LogP contribution in [0.15, 0.2) is 15.9 Å². The maximum Gasteiger partial charge on any atom is 0.360 e. The molecular weight excluding hydrogens is 318 g/mol. The molecule has 0 unspecified atom stereocenters. The minimum Gasteiger partial charge on any atom is -0.464 e. The first kappa shape index (κ1) is 13.1. The van der Waals surface area contributed by atoms with Gasteiger partial charge in [0.1, 0.15) is 11.6 Å². The highest BCUT2D eigenvalue weighted by molar-refractivity contribution is 9.10. The number of anilines is 1. The largest absolute Gasteiger partial charge is 0.464 e. The Balaban J connectivity index is 2.34. The number of nitrogens with zero attached hydrogens (tertiary/aromatic N) is 2. The van der Waals surface area contributed by atoms with E-state index in [0.29, 0.717) is 18.2 Å². The molecule has 0 aliphatic carbocycles. The number of imidazole rings is 1. The maximum atomic E-state index is 11.5. The summed E-state index contributed by atoms with van der Waals surface area (Å²) in [5, 5.41) is 2.00.